The fourth-order valence-electron chi connectivity index (χ4n) is 1.68. The van der Waals surface area contributed by atoms with Gasteiger partial charge in [-0.05, 0) is 18.8 Å². The minimum Gasteiger partial charge on any atom is -0.314 e. The number of nitrogens with zero attached hydrogens (tertiary/aromatic N) is 2. The lowest BCUT2D eigenvalue weighted by molar-refractivity contribution is -0.0328. The zero-order chi connectivity index (χ0) is 12.7. The maximum atomic E-state index is 11.9. The Bertz CT molecular complexity index is 207. The average Bonchev–Trinajstić information content (AvgIpc) is 2.26. The highest BCUT2D eigenvalue weighted by molar-refractivity contribution is 8.00. The van der Waals surface area contributed by atoms with E-state index in [-0.39, 0.29) is 17.5 Å². The van der Waals surface area contributed by atoms with Crippen molar-refractivity contribution < 1.29 is 13.2 Å². The molecular weight excluding hydrogens is 251 g/mol. The first-order valence-corrected chi connectivity index (χ1v) is 6.78. The van der Waals surface area contributed by atoms with Crippen LogP contribution in [0.5, 0.6) is 0 Å². The number of halogens is 3. The Morgan fingerprint density at radius 3 is 2.47 bits per heavy atom. The number of rotatable bonds is 6. The fourth-order valence-corrected chi connectivity index (χ4v) is 2.31. The summed E-state index contributed by atoms with van der Waals surface area (Å²) < 4.78 is 35.7. The highest BCUT2D eigenvalue weighted by atomic mass is 32.2. The van der Waals surface area contributed by atoms with Crippen molar-refractivity contribution in [2.45, 2.75) is 5.51 Å². The second-order valence-electron chi connectivity index (χ2n) is 4.19. The molecule has 17 heavy (non-hydrogen) atoms. The lowest BCUT2D eigenvalue weighted by Crippen LogP contribution is -2.46. The molecule has 0 bridgehead atoms. The van der Waals surface area contributed by atoms with Gasteiger partial charge < -0.3 is 10.2 Å². The molecule has 0 atom stereocenters. The van der Waals surface area contributed by atoms with Gasteiger partial charge in [0.05, 0.1) is 0 Å². The second kappa shape index (κ2) is 7.45. The molecule has 0 spiro atoms. The van der Waals surface area contributed by atoms with Crippen molar-refractivity contribution in [2.75, 3.05) is 58.6 Å². The number of likely N-dealkylation sites (N-methyl/N-ethyl adjacent to an activating group) is 1. The van der Waals surface area contributed by atoms with Gasteiger partial charge in [0, 0.05) is 51.6 Å². The standard InChI is InChI=1S/C10H20F3N3S/c1-15(8-9-17-10(11,12)13)6-7-16-4-2-14-3-5-16/h14H,2-9H2,1H3. The molecule has 1 fully saturated rings. The van der Waals surface area contributed by atoms with E-state index >= 15 is 0 Å². The third-order valence-electron chi connectivity index (χ3n) is 2.75. The third kappa shape index (κ3) is 7.86. The number of nitrogens with one attached hydrogen (secondary N) is 1. The number of hydrogen-bond acceptors (Lipinski definition) is 4. The van der Waals surface area contributed by atoms with Crippen LogP contribution in [0.3, 0.4) is 0 Å². The van der Waals surface area contributed by atoms with Crippen molar-refractivity contribution >= 4 is 11.8 Å². The first-order valence-electron chi connectivity index (χ1n) is 5.80. The molecule has 0 aromatic carbocycles. The smallest absolute Gasteiger partial charge is 0.314 e. The summed E-state index contributed by atoms with van der Waals surface area (Å²) in [5.41, 5.74) is -4.10. The summed E-state index contributed by atoms with van der Waals surface area (Å²) in [5, 5.41) is 3.27. The predicted octanol–water partition coefficient (Wildman–Crippen LogP) is 1.08. The molecule has 0 amide bonds. The topological polar surface area (TPSA) is 18.5 Å². The van der Waals surface area contributed by atoms with E-state index in [4.69, 9.17) is 0 Å². The molecule has 0 radical (unpaired) electrons. The number of thioether (sulfide) groups is 1. The van der Waals surface area contributed by atoms with Crippen LogP contribution < -0.4 is 5.32 Å². The SMILES string of the molecule is CN(CCSC(F)(F)F)CCN1CCNCC1. The summed E-state index contributed by atoms with van der Waals surface area (Å²) in [6.45, 7) is 6.33. The van der Waals surface area contributed by atoms with E-state index in [1.165, 1.54) is 0 Å². The van der Waals surface area contributed by atoms with Crippen molar-refractivity contribution in [3.63, 3.8) is 0 Å². The van der Waals surface area contributed by atoms with Crippen molar-refractivity contribution in [3.05, 3.63) is 0 Å². The van der Waals surface area contributed by atoms with Gasteiger partial charge in [0.2, 0.25) is 0 Å². The van der Waals surface area contributed by atoms with Crippen LogP contribution in [0.1, 0.15) is 0 Å². The summed E-state index contributed by atoms with van der Waals surface area (Å²) in [6, 6.07) is 0. The highest BCUT2D eigenvalue weighted by Gasteiger charge is 2.27. The summed E-state index contributed by atoms with van der Waals surface area (Å²) in [7, 11) is 1.87. The Kier molecular flexibility index (Phi) is 6.61. The maximum Gasteiger partial charge on any atom is 0.441 e. The first kappa shape index (κ1) is 15.1. The molecule has 0 aromatic rings. The van der Waals surface area contributed by atoms with E-state index in [0.717, 1.165) is 39.3 Å². The molecule has 1 aliphatic rings. The molecule has 1 rings (SSSR count). The van der Waals surface area contributed by atoms with E-state index in [1.807, 2.05) is 11.9 Å². The number of alkyl halides is 3. The maximum absolute atomic E-state index is 11.9. The Hall–Kier alpha value is 0.0200. The van der Waals surface area contributed by atoms with E-state index in [2.05, 4.69) is 10.2 Å². The van der Waals surface area contributed by atoms with Gasteiger partial charge in [-0.3, -0.25) is 4.90 Å². The molecule has 3 nitrogen and oxygen atoms in total. The van der Waals surface area contributed by atoms with Crippen LogP contribution in [0.25, 0.3) is 0 Å². The van der Waals surface area contributed by atoms with Gasteiger partial charge in [-0.1, -0.05) is 0 Å². The highest BCUT2D eigenvalue weighted by Crippen LogP contribution is 2.29. The minimum atomic E-state index is -4.10. The molecule has 1 saturated heterocycles. The van der Waals surface area contributed by atoms with Crippen LogP contribution in [0.2, 0.25) is 0 Å². The molecular formula is C10H20F3N3S. The lowest BCUT2D eigenvalue weighted by Gasteiger charge is -2.29. The van der Waals surface area contributed by atoms with Crippen molar-refractivity contribution in [1.29, 1.82) is 0 Å². The van der Waals surface area contributed by atoms with Crippen LogP contribution in [-0.4, -0.2) is 73.9 Å². The van der Waals surface area contributed by atoms with Gasteiger partial charge in [0.25, 0.3) is 0 Å². The summed E-state index contributed by atoms with van der Waals surface area (Å²) >= 11 is 0.0581. The molecule has 0 aromatic heterocycles. The van der Waals surface area contributed by atoms with E-state index in [1.54, 1.807) is 0 Å². The average molecular weight is 271 g/mol. The minimum absolute atomic E-state index is 0.0581. The number of hydrogen-bond donors (Lipinski definition) is 1. The lowest BCUT2D eigenvalue weighted by atomic mass is 10.3. The first-order chi connectivity index (χ1) is 7.97. The van der Waals surface area contributed by atoms with Crippen LogP contribution in [-0.2, 0) is 0 Å². The van der Waals surface area contributed by atoms with Gasteiger partial charge in [-0.15, -0.1) is 0 Å². The Morgan fingerprint density at radius 2 is 1.88 bits per heavy atom. The van der Waals surface area contributed by atoms with E-state index < -0.39 is 5.51 Å². The monoisotopic (exact) mass is 271 g/mol. The molecule has 0 aliphatic carbocycles. The third-order valence-corrected chi connectivity index (χ3v) is 3.46. The molecule has 0 saturated carbocycles. The number of piperazine rings is 1. The van der Waals surface area contributed by atoms with Gasteiger partial charge in [-0.2, -0.15) is 13.2 Å². The van der Waals surface area contributed by atoms with Gasteiger partial charge in [0.15, 0.2) is 0 Å². The summed E-state index contributed by atoms with van der Waals surface area (Å²) in [4.78, 5) is 4.30. The zero-order valence-electron chi connectivity index (χ0n) is 10.1. The molecule has 102 valence electrons. The van der Waals surface area contributed by atoms with Crippen molar-refractivity contribution in [1.82, 2.24) is 15.1 Å². The quantitative estimate of drug-likeness (QED) is 0.779. The van der Waals surface area contributed by atoms with Crippen molar-refractivity contribution in [2.24, 2.45) is 0 Å². The van der Waals surface area contributed by atoms with E-state index in [9.17, 15) is 13.2 Å². The predicted molar refractivity (Wildman–Crippen MR) is 65.3 cm³/mol. The molecule has 1 aliphatic heterocycles. The van der Waals surface area contributed by atoms with Crippen LogP contribution >= 0.6 is 11.8 Å². The Balaban J connectivity index is 2.02. The van der Waals surface area contributed by atoms with Gasteiger partial charge in [0.1, 0.15) is 0 Å². The second-order valence-corrected chi connectivity index (χ2v) is 5.35. The molecule has 7 heteroatoms. The molecule has 0 unspecified atom stereocenters. The van der Waals surface area contributed by atoms with Crippen molar-refractivity contribution in [3.8, 4) is 0 Å². The fraction of sp³-hybridized carbons (Fsp3) is 1.00. The van der Waals surface area contributed by atoms with E-state index in [0.29, 0.717) is 6.54 Å². The zero-order valence-corrected chi connectivity index (χ0v) is 10.9. The normalized spacial score (nSPS) is 18.9. The summed E-state index contributed by atoms with van der Waals surface area (Å²) in [5.74, 6) is 0.113. The Morgan fingerprint density at radius 1 is 1.24 bits per heavy atom. The van der Waals surface area contributed by atoms with Crippen LogP contribution in [0, 0.1) is 0 Å². The van der Waals surface area contributed by atoms with Crippen LogP contribution in [0.15, 0.2) is 0 Å². The van der Waals surface area contributed by atoms with Gasteiger partial charge in [-0.25, -0.2) is 0 Å². The summed E-state index contributed by atoms with van der Waals surface area (Å²) in [6.07, 6.45) is 0. The molecule has 1 N–H and O–H groups in total. The van der Waals surface area contributed by atoms with Crippen LogP contribution in [0.4, 0.5) is 13.2 Å². The largest absolute Gasteiger partial charge is 0.441 e. The van der Waals surface area contributed by atoms with Gasteiger partial charge >= 0.3 is 5.51 Å². The Labute approximate surface area is 105 Å². The molecule has 1 heterocycles.